The van der Waals surface area contributed by atoms with E-state index in [4.69, 9.17) is 5.11 Å². The summed E-state index contributed by atoms with van der Waals surface area (Å²) >= 11 is 0. The molecular weight excluding hydrogens is 242 g/mol. The molecule has 1 aliphatic rings. The maximum atomic E-state index is 12.1. The van der Waals surface area contributed by atoms with E-state index in [1.165, 1.54) is 12.8 Å². The van der Waals surface area contributed by atoms with Crippen LogP contribution in [0.5, 0.6) is 0 Å². The van der Waals surface area contributed by atoms with Crippen LogP contribution in [-0.2, 0) is 9.59 Å². The number of carboxylic acid groups (broad SMARTS) is 1. The summed E-state index contributed by atoms with van der Waals surface area (Å²) in [4.78, 5) is 23.2. The molecule has 0 saturated heterocycles. The van der Waals surface area contributed by atoms with Crippen molar-refractivity contribution in [1.82, 2.24) is 5.32 Å². The third kappa shape index (κ3) is 6.08. The Hall–Kier alpha value is -1.06. The van der Waals surface area contributed by atoms with E-state index in [1.54, 1.807) is 0 Å². The van der Waals surface area contributed by atoms with Crippen LogP contribution in [0.15, 0.2) is 0 Å². The van der Waals surface area contributed by atoms with Gasteiger partial charge in [0.05, 0.1) is 5.92 Å². The number of carboxylic acids is 1. The highest BCUT2D eigenvalue weighted by atomic mass is 16.4. The molecule has 0 bridgehead atoms. The lowest BCUT2D eigenvalue weighted by Crippen LogP contribution is -2.37. The number of hydrogen-bond donors (Lipinski definition) is 2. The van der Waals surface area contributed by atoms with Gasteiger partial charge in [-0.15, -0.1) is 0 Å². The fourth-order valence-corrected chi connectivity index (χ4v) is 2.75. The van der Waals surface area contributed by atoms with Gasteiger partial charge in [0.1, 0.15) is 0 Å². The van der Waals surface area contributed by atoms with Crippen molar-refractivity contribution >= 4 is 11.9 Å². The molecular formula is C15H27NO3. The van der Waals surface area contributed by atoms with E-state index < -0.39 is 11.9 Å². The molecule has 0 aliphatic heterocycles. The van der Waals surface area contributed by atoms with Crippen molar-refractivity contribution in [2.45, 2.75) is 58.8 Å². The monoisotopic (exact) mass is 269 g/mol. The van der Waals surface area contributed by atoms with Gasteiger partial charge < -0.3 is 10.4 Å². The molecule has 0 aromatic carbocycles. The fourth-order valence-electron chi connectivity index (χ4n) is 2.75. The van der Waals surface area contributed by atoms with Gasteiger partial charge in [-0.2, -0.15) is 0 Å². The largest absolute Gasteiger partial charge is 0.481 e. The van der Waals surface area contributed by atoms with Gasteiger partial charge in [-0.25, -0.2) is 0 Å². The smallest absolute Gasteiger partial charge is 0.308 e. The highest BCUT2D eigenvalue weighted by Gasteiger charge is 2.23. The van der Waals surface area contributed by atoms with Crippen molar-refractivity contribution in [3.8, 4) is 0 Å². The first kappa shape index (κ1) is 16.0. The van der Waals surface area contributed by atoms with Crippen LogP contribution < -0.4 is 5.32 Å². The fraction of sp³-hybridized carbons (Fsp3) is 0.867. The first-order chi connectivity index (χ1) is 9.00. The van der Waals surface area contributed by atoms with E-state index in [0.29, 0.717) is 12.3 Å². The van der Waals surface area contributed by atoms with Gasteiger partial charge in [-0.05, 0) is 25.2 Å². The first-order valence-electron chi connectivity index (χ1n) is 7.51. The molecule has 1 atom stereocenters. The Kier molecular flexibility index (Phi) is 6.89. The lowest BCUT2D eigenvalue weighted by molar-refractivity contribution is -0.142. The lowest BCUT2D eigenvalue weighted by atomic mass is 9.96. The minimum absolute atomic E-state index is 0.0527. The van der Waals surface area contributed by atoms with Crippen LogP contribution in [0.3, 0.4) is 0 Å². The Morgan fingerprint density at radius 2 is 1.74 bits per heavy atom. The second-order valence-corrected chi connectivity index (χ2v) is 6.10. The molecule has 4 heteroatoms. The van der Waals surface area contributed by atoms with Crippen molar-refractivity contribution in [2.24, 2.45) is 17.8 Å². The SMILES string of the molecule is CC(C)CC(CNC(=O)C1CCCCCC1)C(=O)O. The maximum absolute atomic E-state index is 12.1. The van der Waals surface area contributed by atoms with E-state index in [9.17, 15) is 9.59 Å². The molecule has 0 aromatic heterocycles. The summed E-state index contributed by atoms with van der Waals surface area (Å²) in [6.07, 6.45) is 7.18. The Morgan fingerprint density at radius 3 is 2.21 bits per heavy atom. The highest BCUT2D eigenvalue weighted by molar-refractivity contribution is 5.79. The van der Waals surface area contributed by atoms with Crippen molar-refractivity contribution in [3.63, 3.8) is 0 Å². The zero-order valence-electron chi connectivity index (χ0n) is 12.2. The van der Waals surface area contributed by atoms with Gasteiger partial charge in [-0.1, -0.05) is 39.5 Å². The van der Waals surface area contributed by atoms with Crippen LogP contribution in [0.4, 0.5) is 0 Å². The van der Waals surface area contributed by atoms with Gasteiger partial charge in [0.25, 0.3) is 0 Å². The molecule has 0 radical (unpaired) electrons. The van der Waals surface area contributed by atoms with Crippen molar-refractivity contribution in [3.05, 3.63) is 0 Å². The quantitative estimate of drug-likeness (QED) is 0.729. The maximum Gasteiger partial charge on any atom is 0.308 e. The highest BCUT2D eigenvalue weighted by Crippen LogP contribution is 2.23. The summed E-state index contributed by atoms with van der Waals surface area (Å²) in [5.74, 6) is -0.798. The molecule has 0 aromatic rings. The van der Waals surface area contributed by atoms with Gasteiger partial charge >= 0.3 is 5.97 Å². The third-order valence-electron chi connectivity index (χ3n) is 3.85. The normalized spacial score (nSPS) is 18.9. The molecule has 110 valence electrons. The summed E-state index contributed by atoms with van der Waals surface area (Å²) in [7, 11) is 0. The minimum atomic E-state index is -0.810. The zero-order chi connectivity index (χ0) is 14.3. The van der Waals surface area contributed by atoms with Crippen LogP contribution in [0.25, 0.3) is 0 Å². The number of hydrogen-bond acceptors (Lipinski definition) is 2. The third-order valence-corrected chi connectivity index (χ3v) is 3.85. The summed E-state index contributed by atoms with van der Waals surface area (Å²) in [6, 6.07) is 0. The van der Waals surface area contributed by atoms with Crippen molar-refractivity contribution < 1.29 is 14.7 Å². The van der Waals surface area contributed by atoms with E-state index in [2.05, 4.69) is 5.32 Å². The molecule has 1 aliphatic carbocycles. The van der Waals surface area contributed by atoms with Crippen LogP contribution in [0.2, 0.25) is 0 Å². The molecule has 1 unspecified atom stereocenters. The summed E-state index contributed by atoms with van der Waals surface area (Å²) in [6.45, 7) is 4.27. The Bertz CT molecular complexity index is 294. The summed E-state index contributed by atoms with van der Waals surface area (Å²) < 4.78 is 0. The molecule has 1 amide bonds. The summed E-state index contributed by atoms with van der Waals surface area (Å²) in [5, 5.41) is 12.0. The number of nitrogens with one attached hydrogen (secondary N) is 1. The molecule has 1 rings (SSSR count). The van der Waals surface area contributed by atoms with E-state index in [0.717, 1.165) is 25.7 Å². The number of rotatable bonds is 6. The van der Waals surface area contributed by atoms with Gasteiger partial charge in [-0.3, -0.25) is 9.59 Å². The Balaban J connectivity index is 2.39. The van der Waals surface area contributed by atoms with Crippen LogP contribution >= 0.6 is 0 Å². The topological polar surface area (TPSA) is 66.4 Å². The number of aliphatic carboxylic acids is 1. The predicted octanol–water partition coefficient (Wildman–Crippen LogP) is 2.82. The zero-order valence-corrected chi connectivity index (χ0v) is 12.2. The summed E-state index contributed by atoms with van der Waals surface area (Å²) in [5.41, 5.74) is 0. The van der Waals surface area contributed by atoms with Crippen LogP contribution in [0, 0.1) is 17.8 Å². The van der Waals surface area contributed by atoms with Gasteiger partial charge in [0.15, 0.2) is 0 Å². The molecule has 2 N–H and O–H groups in total. The second kappa shape index (κ2) is 8.18. The molecule has 0 spiro atoms. The van der Waals surface area contributed by atoms with Crippen LogP contribution in [-0.4, -0.2) is 23.5 Å². The Morgan fingerprint density at radius 1 is 1.16 bits per heavy atom. The molecule has 1 fully saturated rings. The van der Waals surface area contributed by atoms with Crippen molar-refractivity contribution in [1.29, 1.82) is 0 Å². The average molecular weight is 269 g/mol. The first-order valence-corrected chi connectivity index (χ1v) is 7.51. The Labute approximate surface area is 116 Å². The van der Waals surface area contributed by atoms with E-state index in [1.807, 2.05) is 13.8 Å². The second-order valence-electron chi connectivity index (χ2n) is 6.10. The van der Waals surface area contributed by atoms with E-state index in [-0.39, 0.29) is 18.4 Å². The molecule has 0 heterocycles. The number of carbonyl (C=O) groups is 2. The van der Waals surface area contributed by atoms with E-state index >= 15 is 0 Å². The molecule has 4 nitrogen and oxygen atoms in total. The number of amides is 1. The van der Waals surface area contributed by atoms with Crippen LogP contribution in [0.1, 0.15) is 58.8 Å². The molecule has 1 saturated carbocycles. The number of carbonyl (C=O) groups excluding carboxylic acids is 1. The van der Waals surface area contributed by atoms with Crippen molar-refractivity contribution in [2.75, 3.05) is 6.54 Å². The minimum Gasteiger partial charge on any atom is -0.481 e. The average Bonchev–Trinajstić information content (AvgIpc) is 2.62. The van der Waals surface area contributed by atoms with Gasteiger partial charge in [0.2, 0.25) is 5.91 Å². The standard InChI is InChI=1S/C15H27NO3/c1-11(2)9-13(15(18)19)10-16-14(17)12-7-5-3-4-6-8-12/h11-13H,3-10H2,1-2H3,(H,16,17)(H,18,19). The van der Waals surface area contributed by atoms with Gasteiger partial charge in [0, 0.05) is 12.5 Å². The lowest BCUT2D eigenvalue weighted by Gasteiger charge is -2.18. The molecule has 19 heavy (non-hydrogen) atoms. The predicted molar refractivity (Wildman–Crippen MR) is 74.8 cm³/mol.